The van der Waals surface area contributed by atoms with Crippen molar-refractivity contribution in [1.82, 2.24) is 10.6 Å². The first kappa shape index (κ1) is 32.4. The molecule has 2 aromatic rings. The second kappa shape index (κ2) is 13.2. The van der Waals surface area contributed by atoms with Crippen LogP contribution in [0.1, 0.15) is 83.4 Å². The van der Waals surface area contributed by atoms with Gasteiger partial charge in [-0.05, 0) is 74.7 Å². The summed E-state index contributed by atoms with van der Waals surface area (Å²) in [4.78, 5) is 4.73. The van der Waals surface area contributed by atoms with Crippen LogP contribution in [0.15, 0.2) is 138 Å². The monoisotopic (exact) mass is 597 g/mol. The first-order valence-corrected chi connectivity index (χ1v) is 16.6. The Labute approximate surface area is 272 Å². The summed E-state index contributed by atoms with van der Waals surface area (Å²) in [5, 5.41) is 8.58. The molecule has 0 saturated heterocycles. The lowest BCUT2D eigenvalue weighted by molar-refractivity contribution is 0.0718. The molecule has 1 aliphatic carbocycles. The van der Waals surface area contributed by atoms with Crippen molar-refractivity contribution in [1.29, 1.82) is 0 Å². The predicted octanol–water partition coefficient (Wildman–Crippen LogP) is 9.99. The zero-order valence-electron chi connectivity index (χ0n) is 28.2. The molecule has 2 aliphatic heterocycles. The summed E-state index contributed by atoms with van der Waals surface area (Å²) in [5.41, 5.74) is 10.3. The summed E-state index contributed by atoms with van der Waals surface area (Å²) in [7, 11) is 1.88. The molecule has 0 aromatic heterocycles. The van der Waals surface area contributed by atoms with Crippen molar-refractivity contribution in [2.45, 2.75) is 77.9 Å². The number of fused-ring (bicyclic) bond motifs is 2. The summed E-state index contributed by atoms with van der Waals surface area (Å²) in [5.74, 6) is 0.320. The number of nitrogens with one attached hydrogen (secondary N) is 2. The van der Waals surface area contributed by atoms with Gasteiger partial charge in [0, 0.05) is 29.3 Å². The quantitative estimate of drug-likeness (QED) is 0.211. The van der Waals surface area contributed by atoms with Crippen LogP contribution in [0.25, 0.3) is 5.70 Å². The van der Waals surface area contributed by atoms with Crippen LogP contribution in [-0.4, -0.2) is 18.3 Å². The van der Waals surface area contributed by atoms with Crippen LogP contribution in [0, 0.1) is 11.3 Å². The number of aliphatic imine (C=N–C) groups is 1. The molecule has 1 spiro atoms. The second-order valence-corrected chi connectivity index (χ2v) is 13.1. The fourth-order valence-electron chi connectivity index (χ4n) is 8.19. The number of hydrogen-bond acceptors (Lipinski definition) is 3. The molecule has 234 valence electrons. The minimum Gasteiger partial charge on any atom is -0.362 e. The summed E-state index contributed by atoms with van der Waals surface area (Å²) < 4.78 is 0. The van der Waals surface area contributed by atoms with Crippen molar-refractivity contribution < 1.29 is 0 Å². The van der Waals surface area contributed by atoms with E-state index < -0.39 is 5.66 Å². The first-order chi connectivity index (χ1) is 21.7. The van der Waals surface area contributed by atoms with Crippen LogP contribution in [0.4, 0.5) is 0 Å². The molecule has 2 aromatic carbocycles. The van der Waals surface area contributed by atoms with Crippen molar-refractivity contribution in [3.05, 3.63) is 149 Å². The zero-order valence-corrected chi connectivity index (χ0v) is 28.2. The first-order valence-electron chi connectivity index (χ1n) is 16.6. The van der Waals surface area contributed by atoms with Gasteiger partial charge >= 0.3 is 0 Å². The average molecular weight is 598 g/mol. The fraction of sp³-hybridized carbons (Fsp3) is 0.357. The van der Waals surface area contributed by atoms with Gasteiger partial charge in [0.2, 0.25) is 0 Å². The topological polar surface area (TPSA) is 36.4 Å². The molecule has 0 fully saturated rings. The molecule has 0 saturated carbocycles. The fourth-order valence-corrected chi connectivity index (χ4v) is 8.19. The van der Waals surface area contributed by atoms with Gasteiger partial charge in [-0.2, -0.15) is 0 Å². The molecule has 3 heteroatoms. The summed E-state index contributed by atoms with van der Waals surface area (Å²) in [6.07, 6.45) is 20.4. The van der Waals surface area contributed by atoms with E-state index >= 15 is 0 Å². The van der Waals surface area contributed by atoms with E-state index in [1.165, 1.54) is 33.4 Å². The SMILES string of the molecule is C=CC/C=C\C(C)/C(C)=C(/CC)C1(C)NC2(NC(=CC(=NC)c3ccccc3)c3ccccc32)C(C)(CC=C)C2=C1C=CCC2. The lowest BCUT2D eigenvalue weighted by Gasteiger charge is -2.60. The molecule has 3 aliphatic rings. The van der Waals surface area contributed by atoms with Crippen LogP contribution < -0.4 is 10.6 Å². The highest BCUT2D eigenvalue weighted by atomic mass is 15.3. The molecular formula is C42H51N3. The van der Waals surface area contributed by atoms with Gasteiger partial charge in [-0.3, -0.25) is 10.3 Å². The maximum atomic E-state index is 4.73. The van der Waals surface area contributed by atoms with Crippen LogP contribution in [0.5, 0.6) is 0 Å². The standard InChI is InChI=1S/C42H51N3/c1-9-12-14-21-30(4)31(5)34(11-3)41(7)37-27-20-19-26-36(37)40(6,28-10-2)42(45-41)35-25-18-17-24-33(35)39(44-42)29-38(43-8)32-22-15-13-16-23-32/h9-10,13-18,20-25,27,29-30,44-45H,1-2,11-12,19,26,28H2,3-8H3/b21-14-,34-31-,39-29?,43-38?. The zero-order chi connectivity index (χ0) is 32.2. The molecule has 45 heavy (non-hydrogen) atoms. The molecule has 5 rings (SSSR count). The molecule has 2 N–H and O–H groups in total. The van der Waals surface area contributed by atoms with Crippen molar-refractivity contribution in [2.75, 3.05) is 7.05 Å². The highest BCUT2D eigenvalue weighted by Gasteiger charge is 2.62. The molecule has 0 radical (unpaired) electrons. The third-order valence-corrected chi connectivity index (χ3v) is 10.6. The molecule has 3 nitrogen and oxygen atoms in total. The van der Waals surface area contributed by atoms with E-state index in [2.05, 4.69) is 149 Å². The van der Waals surface area contributed by atoms with Crippen molar-refractivity contribution >= 4 is 11.4 Å². The van der Waals surface area contributed by atoms with Crippen LogP contribution in [0.3, 0.4) is 0 Å². The Morgan fingerprint density at radius 1 is 1.04 bits per heavy atom. The van der Waals surface area contributed by atoms with E-state index in [0.29, 0.717) is 5.92 Å². The van der Waals surface area contributed by atoms with E-state index in [1.807, 2.05) is 13.1 Å². The third-order valence-electron chi connectivity index (χ3n) is 10.6. The molecule has 0 amide bonds. The van der Waals surface area contributed by atoms with Gasteiger partial charge in [-0.15, -0.1) is 13.2 Å². The normalized spacial score (nSPS) is 28.1. The van der Waals surface area contributed by atoms with E-state index in [1.54, 1.807) is 0 Å². The Bertz CT molecular complexity index is 1630. The summed E-state index contributed by atoms with van der Waals surface area (Å²) in [6, 6.07) is 19.4. The van der Waals surface area contributed by atoms with Crippen molar-refractivity contribution in [3.8, 4) is 0 Å². The molecule has 2 heterocycles. The largest absolute Gasteiger partial charge is 0.362 e. The van der Waals surface area contributed by atoms with E-state index in [9.17, 15) is 0 Å². The van der Waals surface area contributed by atoms with Gasteiger partial charge in [0.05, 0.1) is 11.3 Å². The molecule has 4 atom stereocenters. The predicted molar refractivity (Wildman–Crippen MR) is 194 cm³/mol. The maximum Gasteiger partial charge on any atom is 0.126 e. The van der Waals surface area contributed by atoms with E-state index in [0.717, 1.165) is 49.1 Å². The maximum absolute atomic E-state index is 4.73. The van der Waals surface area contributed by atoms with Crippen molar-refractivity contribution in [3.63, 3.8) is 0 Å². The Morgan fingerprint density at radius 3 is 2.47 bits per heavy atom. The van der Waals surface area contributed by atoms with E-state index in [4.69, 9.17) is 4.99 Å². The highest BCUT2D eigenvalue weighted by Crippen LogP contribution is 2.60. The Balaban J connectivity index is 1.77. The van der Waals surface area contributed by atoms with Crippen LogP contribution in [0.2, 0.25) is 0 Å². The number of benzene rings is 2. The van der Waals surface area contributed by atoms with Gasteiger partial charge in [-0.1, -0.05) is 123 Å². The minimum absolute atomic E-state index is 0.265. The summed E-state index contributed by atoms with van der Waals surface area (Å²) in [6.45, 7) is 20.0. The van der Waals surface area contributed by atoms with Crippen LogP contribution in [-0.2, 0) is 5.66 Å². The smallest absolute Gasteiger partial charge is 0.126 e. The lowest BCUT2D eigenvalue weighted by atomic mass is 9.56. The average Bonchev–Trinajstić information content (AvgIpc) is 3.37. The number of rotatable bonds is 10. The molecule has 0 bridgehead atoms. The van der Waals surface area contributed by atoms with Crippen molar-refractivity contribution in [2.24, 2.45) is 16.3 Å². The number of nitrogens with zero attached hydrogens (tertiary/aromatic N) is 1. The Kier molecular flexibility index (Phi) is 9.51. The van der Waals surface area contributed by atoms with Gasteiger partial charge < -0.3 is 5.32 Å². The van der Waals surface area contributed by atoms with Gasteiger partial charge in [0.25, 0.3) is 0 Å². The van der Waals surface area contributed by atoms with Gasteiger partial charge in [0.1, 0.15) is 5.66 Å². The Hall–Kier alpha value is -3.95. The number of hydrogen-bond donors (Lipinski definition) is 2. The minimum atomic E-state index is -0.569. The van der Waals surface area contributed by atoms with Gasteiger partial charge in [0.15, 0.2) is 0 Å². The summed E-state index contributed by atoms with van der Waals surface area (Å²) >= 11 is 0. The Morgan fingerprint density at radius 2 is 1.78 bits per heavy atom. The second-order valence-electron chi connectivity index (χ2n) is 13.1. The number of allylic oxidation sites excluding steroid dienone is 7. The van der Waals surface area contributed by atoms with Gasteiger partial charge in [-0.25, -0.2) is 0 Å². The molecule has 4 unspecified atom stereocenters. The van der Waals surface area contributed by atoms with E-state index in [-0.39, 0.29) is 11.0 Å². The third kappa shape index (κ3) is 5.46. The lowest BCUT2D eigenvalue weighted by Crippen LogP contribution is -2.71. The van der Waals surface area contributed by atoms with Crippen LogP contribution >= 0.6 is 0 Å². The molecular weight excluding hydrogens is 546 g/mol. The highest BCUT2D eigenvalue weighted by molar-refractivity contribution is 6.12.